The summed E-state index contributed by atoms with van der Waals surface area (Å²) in [7, 11) is 2.19. The Bertz CT molecular complexity index is 384. The second-order valence-electron chi connectivity index (χ2n) is 5.95. The van der Waals surface area contributed by atoms with Gasteiger partial charge < -0.3 is 15.0 Å². The first-order chi connectivity index (χ1) is 9.13. The van der Waals surface area contributed by atoms with E-state index in [4.69, 9.17) is 4.74 Å². The highest BCUT2D eigenvalue weighted by Gasteiger charge is 2.16. The lowest BCUT2D eigenvalue weighted by atomic mass is 10.1. The van der Waals surface area contributed by atoms with Gasteiger partial charge in [0.15, 0.2) is 0 Å². The monoisotopic (exact) mass is 262 g/mol. The van der Waals surface area contributed by atoms with E-state index in [1.165, 1.54) is 31.6 Å². The summed E-state index contributed by atoms with van der Waals surface area (Å²) < 4.78 is 5.77. The summed E-state index contributed by atoms with van der Waals surface area (Å²) in [6, 6.07) is 8.92. The van der Waals surface area contributed by atoms with Crippen molar-refractivity contribution in [2.75, 3.05) is 32.1 Å². The number of nitrogens with one attached hydrogen (secondary N) is 1. The van der Waals surface area contributed by atoms with E-state index in [0.29, 0.717) is 12.0 Å². The van der Waals surface area contributed by atoms with Crippen molar-refractivity contribution in [3.05, 3.63) is 24.3 Å². The van der Waals surface area contributed by atoms with Gasteiger partial charge in [0.1, 0.15) is 5.75 Å². The summed E-state index contributed by atoms with van der Waals surface area (Å²) in [5.74, 6) is 1.53. The fourth-order valence-corrected chi connectivity index (χ4v) is 2.33. The Labute approximate surface area is 116 Å². The SMILES string of the molecule is CC(C)COc1cccc(NC2CCN(C)CC2)c1. The average Bonchev–Trinajstić information content (AvgIpc) is 2.40. The Hall–Kier alpha value is -1.22. The van der Waals surface area contributed by atoms with Crippen LogP contribution >= 0.6 is 0 Å². The van der Waals surface area contributed by atoms with Crippen LogP contribution in [-0.2, 0) is 0 Å². The van der Waals surface area contributed by atoms with Crippen LogP contribution in [0, 0.1) is 5.92 Å². The summed E-state index contributed by atoms with van der Waals surface area (Å²) in [4.78, 5) is 2.39. The third kappa shape index (κ3) is 4.75. The molecule has 0 saturated carbocycles. The van der Waals surface area contributed by atoms with Crippen LogP contribution in [0.4, 0.5) is 5.69 Å². The van der Waals surface area contributed by atoms with Crippen LogP contribution in [0.3, 0.4) is 0 Å². The molecule has 3 heteroatoms. The Morgan fingerprint density at radius 1 is 1.32 bits per heavy atom. The molecule has 0 amide bonds. The van der Waals surface area contributed by atoms with Gasteiger partial charge in [-0.2, -0.15) is 0 Å². The van der Waals surface area contributed by atoms with E-state index in [0.717, 1.165) is 12.4 Å². The van der Waals surface area contributed by atoms with Gasteiger partial charge in [-0.25, -0.2) is 0 Å². The van der Waals surface area contributed by atoms with Crippen molar-refractivity contribution in [1.29, 1.82) is 0 Å². The van der Waals surface area contributed by atoms with Gasteiger partial charge in [-0.1, -0.05) is 19.9 Å². The molecule has 0 unspecified atom stereocenters. The molecule has 1 N–H and O–H groups in total. The van der Waals surface area contributed by atoms with Crippen molar-refractivity contribution in [3.63, 3.8) is 0 Å². The maximum atomic E-state index is 5.77. The van der Waals surface area contributed by atoms with Crippen molar-refractivity contribution in [2.24, 2.45) is 5.92 Å². The highest BCUT2D eigenvalue weighted by Crippen LogP contribution is 2.21. The maximum absolute atomic E-state index is 5.77. The zero-order valence-corrected chi connectivity index (χ0v) is 12.4. The number of anilines is 1. The first-order valence-corrected chi connectivity index (χ1v) is 7.31. The van der Waals surface area contributed by atoms with Crippen molar-refractivity contribution < 1.29 is 4.74 Å². The van der Waals surface area contributed by atoms with E-state index >= 15 is 0 Å². The Morgan fingerprint density at radius 2 is 2.05 bits per heavy atom. The third-order valence-corrected chi connectivity index (χ3v) is 3.51. The molecule has 0 spiro atoms. The Balaban J connectivity index is 1.88. The average molecular weight is 262 g/mol. The van der Waals surface area contributed by atoms with Gasteiger partial charge in [0.25, 0.3) is 0 Å². The second-order valence-corrected chi connectivity index (χ2v) is 5.95. The minimum Gasteiger partial charge on any atom is -0.493 e. The lowest BCUT2D eigenvalue weighted by molar-refractivity contribution is 0.263. The molecule has 2 rings (SSSR count). The van der Waals surface area contributed by atoms with Crippen molar-refractivity contribution >= 4 is 5.69 Å². The maximum Gasteiger partial charge on any atom is 0.121 e. The van der Waals surface area contributed by atoms with Crippen molar-refractivity contribution in [3.8, 4) is 5.75 Å². The van der Waals surface area contributed by atoms with E-state index in [9.17, 15) is 0 Å². The summed E-state index contributed by atoms with van der Waals surface area (Å²) >= 11 is 0. The molecule has 0 radical (unpaired) electrons. The van der Waals surface area contributed by atoms with Gasteiger partial charge in [-0.05, 0) is 51.0 Å². The fraction of sp³-hybridized carbons (Fsp3) is 0.625. The van der Waals surface area contributed by atoms with Crippen LogP contribution < -0.4 is 10.1 Å². The lowest BCUT2D eigenvalue weighted by Crippen LogP contribution is -2.36. The first-order valence-electron chi connectivity index (χ1n) is 7.31. The molecule has 1 saturated heterocycles. The van der Waals surface area contributed by atoms with Crippen LogP contribution in [0.1, 0.15) is 26.7 Å². The van der Waals surface area contributed by atoms with Crippen LogP contribution in [0.25, 0.3) is 0 Å². The number of piperidine rings is 1. The number of benzene rings is 1. The van der Waals surface area contributed by atoms with Gasteiger partial charge in [-0.15, -0.1) is 0 Å². The molecule has 1 aromatic carbocycles. The molecule has 1 aliphatic heterocycles. The molecule has 1 aliphatic rings. The number of nitrogens with zero attached hydrogens (tertiary/aromatic N) is 1. The van der Waals surface area contributed by atoms with E-state index in [1.807, 2.05) is 6.07 Å². The molecule has 106 valence electrons. The summed E-state index contributed by atoms with van der Waals surface area (Å²) in [5.41, 5.74) is 1.18. The lowest BCUT2D eigenvalue weighted by Gasteiger charge is -2.30. The highest BCUT2D eigenvalue weighted by atomic mass is 16.5. The highest BCUT2D eigenvalue weighted by molar-refractivity contribution is 5.48. The van der Waals surface area contributed by atoms with Gasteiger partial charge >= 0.3 is 0 Å². The van der Waals surface area contributed by atoms with E-state index in [-0.39, 0.29) is 0 Å². The van der Waals surface area contributed by atoms with Crippen LogP contribution in [0.2, 0.25) is 0 Å². The zero-order chi connectivity index (χ0) is 13.7. The molecule has 1 aromatic rings. The second kappa shape index (κ2) is 6.80. The predicted molar refractivity (Wildman–Crippen MR) is 80.9 cm³/mol. The number of hydrogen-bond acceptors (Lipinski definition) is 3. The van der Waals surface area contributed by atoms with Crippen LogP contribution in [0.5, 0.6) is 5.75 Å². The predicted octanol–water partition coefficient (Wildman–Crippen LogP) is 3.23. The summed E-state index contributed by atoms with van der Waals surface area (Å²) in [6.07, 6.45) is 2.43. The third-order valence-electron chi connectivity index (χ3n) is 3.51. The Morgan fingerprint density at radius 3 is 2.74 bits per heavy atom. The molecule has 0 atom stereocenters. The van der Waals surface area contributed by atoms with E-state index < -0.39 is 0 Å². The minimum absolute atomic E-state index is 0.561. The van der Waals surface area contributed by atoms with Gasteiger partial charge in [0.2, 0.25) is 0 Å². The molecule has 0 aromatic heterocycles. The fourth-order valence-electron chi connectivity index (χ4n) is 2.33. The van der Waals surface area contributed by atoms with E-state index in [1.54, 1.807) is 0 Å². The molecular weight excluding hydrogens is 236 g/mol. The quantitative estimate of drug-likeness (QED) is 0.881. The largest absolute Gasteiger partial charge is 0.493 e. The normalized spacial score (nSPS) is 17.7. The molecule has 1 fully saturated rings. The van der Waals surface area contributed by atoms with Crippen LogP contribution in [0.15, 0.2) is 24.3 Å². The number of rotatable bonds is 5. The molecule has 0 bridgehead atoms. The van der Waals surface area contributed by atoms with Gasteiger partial charge in [-0.3, -0.25) is 0 Å². The van der Waals surface area contributed by atoms with Crippen molar-refractivity contribution in [2.45, 2.75) is 32.7 Å². The van der Waals surface area contributed by atoms with Gasteiger partial charge in [0.05, 0.1) is 6.61 Å². The first kappa shape index (κ1) is 14.2. The summed E-state index contributed by atoms with van der Waals surface area (Å²) in [6.45, 7) is 7.47. The molecule has 3 nitrogen and oxygen atoms in total. The standard InChI is InChI=1S/C16H26N2O/c1-13(2)12-19-16-6-4-5-15(11-16)17-14-7-9-18(3)10-8-14/h4-6,11,13-14,17H,7-10,12H2,1-3H3. The summed E-state index contributed by atoms with van der Waals surface area (Å²) in [5, 5.41) is 3.62. The van der Waals surface area contributed by atoms with Gasteiger partial charge in [0, 0.05) is 17.8 Å². The molecule has 1 heterocycles. The zero-order valence-electron chi connectivity index (χ0n) is 12.4. The van der Waals surface area contributed by atoms with E-state index in [2.05, 4.69) is 49.3 Å². The topological polar surface area (TPSA) is 24.5 Å². The minimum atomic E-state index is 0.561. The number of ether oxygens (including phenoxy) is 1. The molecule has 19 heavy (non-hydrogen) atoms. The molecular formula is C16H26N2O. The molecule has 0 aliphatic carbocycles. The number of hydrogen-bond donors (Lipinski definition) is 1. The smallest absolute Gasteiger partial charge is 0.121 e. The Kier molecular flexibility index (Phi) is 5.08. The van der Waals surface area contributed by atoms with Crippen LogP contribution in [-0.4, -0.2) is 37.7 Å². The number of likely N-dealkylation sites (tertiary alicyclic amines) is 1. The van der Waals surface area contributed by atoms with Crippen molar-refractivity contribution in [1.82, 2.24) is 4.90 Å².